The minimum atomic E-state index is -0.213. The first-order valence-corrected chi connectivity index (χ1v) is 7.64. The standard InChI is InChI=1S/C17H17Cl2NO3/c1-20(17(21)13-5-4-6-14(18)16(13)19)10-11-7-8-12(22-2)9-15(11)23-3/h4-9H,10H2,1-3H3. The molecular weight excluding hydrogens is 337 g/mol. The second-order valence-corrected chi connectivity index (χ2v) is 5.73. The van der Waals surface area contributed by atoms with Gasteiger partial charge in [-0.2, -0.15) is 0 Å². The Bertz CT molecular complexity index is 719. The number of halogens is 2. The topological polar surface area (TPSA) is 38.8 Å². The van der Waals surface area contributed by atoms with Gasteiger partial charge in [-0.15, -0.1) is 0 Å². The maximum Gasteiger partial charge on any atom is 0.255 e. The van der Waals surface area contributed by atoms with Crippen molar-refractivity contribution < 1.29 is 14.3 Å². The van der Waals surface area contributed by atoms with Crippen LogP contribution in [0.1, 0.15) is 15.9 Å². The molecule has 0 aromatic heterocycles. The molecule has 0 fully saturated rings. The van der Waals surface area contributed by atoms with Crippen LogP contribution in [0.15, 0.2) is 36.4 Å². The van der Waals surface area contributed by atoms with Crippen LogP contribution in [0.2, 0.25) is 10.0 Å². The summed E-state index contributed by atoms with van der Waals surface area (Å²) in [5.74, 6) is 1.13. The number of nitrogens with zero attached hydrogens (tertiary/aromatic N) is 1. The quantitative estimate of drug-likeness (QED) is 0.804. The van der Waals surface area contributed by atoms with Crippen molar-refractivity contribution >= 4 is 29.1 Å². The van der Waals surface area contributed by atoms with Crippen LogP contribution in [0.4, 0.5) is 0 Å². The molecule has 0 bridgehead atoms. The molecule has 4 nitrogen and oxygen atoms in total. The first-order valence-electron chi connectivity index (χ1n) is 6.88. The van der Waals surface area contributed by atoms with Gasteiger partial charge in [-0.25, -0.2) is 0 Å². The molecule has 2 aromatic carbocycles. The average molecular weight is 354 g/mol. The molecule has 0 aliphatic heterocycles. The van der Waals surface area contributed by atoms with Crippen molar-refractivity contribution in [1.82, 2.24) is 4.90 Å². The first-order chi connectivity index (χ1) is 11.0. The van der Waals surface area contributed by atoms with Gasteiger partial charge < -0.3 is 14.4 Å². The lowest BCUT2D eigenvalue weighted by Crippen LogP contribution is -2.26. The summed E-state index contributed by atoms with van der Waals surface area (Å²) in [5, 5.41) is 0.612. The first kappa shape index (κ1) is 17.4. The third-order valence-corrected chi connectivity index (χ3v) is 4.25. The van der Waals surface area contributed by atoms with Crippen molar-refractivity contribution in [3.05, 3.63) is 57.6 Å². The lowest BCUT2D eigenvalue weighted by atomic mass is 10.1. The Hall–Kier alpha value is -1.91. The molecule has 1 amide bonds. The van der Waals surface area contributed by atoms with Crippen molar-refractivity contribution in [3.63, 3.8) is 0 Å². The van der Waals surface area contributed by atoms with Gasteiger partial charge in [-0.05, 0) is 24.3 Å². The van der Waals surface area contributed by atoms with Crippen LogP contribution in [0, 0.1) is 0 Å². The van der Waals surface area contributed by atoms with Gasteiger partial charge >= 0.3 is 0 Å². The Kier molecular flexibility index (Phi) is 5.74. The Balaban J connectivity index is 2.23. The van der Waals surface area contributed by atoms with E-state index in [1.54, 1.807) is 50.4 Å². The number of amides is 1. The van der Waals surface area contributed by atoms with E-state index < -0.39 is 0 Å². The minimum Gasteiger partial charge on any atom is -0.497 e. The zero-order chi connectivity index (χ0) is 17.0. The normalized spacial score (nSPS) is 10.3. The summed E-state index contributed by atoms with van der Waals surface area (Å²) in [5.41, 5.74) is 1.23. The summed E-state index contributed by atoms with van der Waals surface area (Å²) in [6, 6.07) is 10.5. The molecule has 6 heteroatoms. The molecule has 0 radical (unpaired) electrons. The maximum atomic E-state index is 12.6. The van der Waals surface area contributed by atoms with E-state index in [1.807, 2.05) is 12.1 Å². The third-order valence-electron chi connectivity index (χ3n) is 3.43. The molecule has 2 aromatic rings. The van der Waals surface area contributed by atoms with Gasteiger partial charge in [-0.3, -0.25) is 4.79 Å². The fourth-order valence-corrected chi connectivity index (χ4v) is 2.57. The monoisotopic (exact) mass is 353 g/mol. The van der Waals surface area contributed by atoms with E-state index in [1.165, 1.54) is 0 Å². The van der Waals surface area contributed by atoms with Crippen molar-refractivity contribution in [3.8, 4) is 11.5 Å². The Labute approximate surface area is 145 Å². The molecule has 0 unspecified atom stereocenters. The van der Waals surface area contributed by atoms with Crippen LogP contribution >= 0.6 is 23.2 Å². The predicted octanol–water partition coefficient (Wildman–Crippen LogP) is 4.28. The molecule has 0 aliphatic rings. The van der Waals surface area contributed by atoms with E-state index in [0.29, 0.717) is 28.6 Å². The smallest absolute Gasteiger partial charge is 0.255 e. The Morgan fingerprint density at radius 2 is 1.87 bits per heavy atom. The molecule has 0 N–H and O–H groups in total. The van der Waals surface area contributed by atoms with E-state index >= 15 is 0 Å². The summed E-state index contributed by atoms with van der Waals surface area (Å²) in [4.78, 5) is 14.1. The van der Waals surface area contributed by atoms with Gasteiger partial charge in [-0.1, -0.05) is 29.3 Å². The number of rotatable bonds is 5. The van der Waals surface area contributed by atoms with Gasteiger partial charge in [0.25, 0.3) is 5.91 Å². The summed E-state index contributed by atoms with van der Waals surface area (Å²) in [6.45, 7) is 0.370. The third kappa shape index (κ3) is 3.89. The second kappa shape index (κ2) is 7.57. The summed E-state index contributed by atoms with van der Waals surface area (Å²) >= 11 is 12.1. The van der Waals surface area contributed by atoms with Crippen molar-refractivity contribution in [2.24, 2.45) is 0 Å². The summed E-state index contributed by atoms with van der Waals surface area (Å²) in [6.07, 6.45) is 0. The zero-order valence-corrected chi connectivity index (χ0v) is 14.6. The van der Waals surface area contributed by atoms with Crippen molar-refractivity contribution in [2.75, 3.05) is 21.3 Å². The van der Waals surface area contributed by atoms with Crippen molar-refractivity contribution in [2.45, 2.75) is 6.54 Å². The van der Waals surface area contributed by atoms with E-state index in [2.05, 4.69) is 0 Å². The number of hydrogen-bond acceptors (Lipinski definition) is 3. The van der Waals surface area contributed by atoms with E-state index in [4.69, 9.17) is 32.7 Å². The van der Waals surface area contributed by atoms with Crippen LogP contribution < -0.4 is 9.47 Å². The van der Waals surface area contributed by atoms with Gasteiger partial charge in [0.1, 0.15) is 11.5 Å². The highest BCUT2D eigenvalue weighted by Gasteiger charge is 2.18. The highest BCUT2D eigenvalue weighted by molar-refractivity contribution is 6.43. The molecule has 0 spiro atoms. The average Bonchev–Trinajstić information content (AvgIpc) is 2.57. The Morgan fingerprint density at radius 3 is 2.52 bits per heavy atom. The number of carbonyl (C=O) groups excluding carboxylic acids is 1. The lowest BCUT2D eigenvalue weighted by Gasteiger charge is -2.20. The van der Waals surface area contributed by atoms with E-state index in [0.717, 1.165) is 5.56 Å². The van der Waals surface area contributed by atoms with Crippen LogP contribution in [0.25, 0.3) is 0 Å². The number of carbonyl (C=O) groups is 1. The molecule has 23 heavy (non-hydrogen) atoms. The largest absolute Gasteiger partial charge is 0.497 e. The van der Waals surface area contributed by atoms with Crippen LogP contribution in [-0.4, -0.2) is 32.1 Å². The Morgan fingerprint density at radius 1 is 1.13 bits per heavy atom. The number of hydrogen-bond donors (Lipinski definition) is 0. The summed E-state index contributed by atoms with van der Waals surface area (Å²) < 4.78 is 10.5. The summed E-state index contributed by atoms with van der Waals surface area (Å²) in [7, 11) is 4.86. The fourth-order valence-electron chi connectivity index (χ4n) is 2.18. The van der Waals surface area contributed by atoms with Gasteiger partial charge in [0, 0.05) is 25.2 Å². The zero-order valence-electron chi connectivity index (χ0n) is 13.1. The molecule has 0 heterocycles. The number of ether oxygens (including phenoxy) is 2. The highest BCUT2D eigenvalue weighted by atomic mass is 35.5. The van der Waals surface area contributed by atoms with Crippen LogP contribution in [0.3, 0.4) is 0 Å². The van der Waals surface area contributed by atoms with E-state index in [-0.39, 0.29) is 10.9 Å². The predicted molar refractivity (Wildman–Crippen MR) is 91.8 cm³/mol. The molecule has 0 saturated carbocycles. The molecule has 2 rings (SSSR count). The van der Waals surface area contributed by atoms with Crippen molar-refractivity contribution in [1.29, 1.82) is 0 Å². The fraction of sp³-hybridized carbons (Fsp3) is 0.235. The van der Waals surface area contributed by atoms with Gasteiger partial charge in [0.2, 0.25) is 0 Å². The molecule has 0 aliphatic carbocycles. The molecule has 0 atom stereocenters. The van der Waals surface area contributed by atoms with Crippen LogP contribution in [0.5, 0.6) is 11.5 Å². The molecule has 0 saturated heterocycles. The second-order valence-electron chi connectivity index (χ2n) is 4.94. The van der Waals surface area contributed by atoms with Gasteiger partial charge in [0.15, 0.2) is 0 Å². The van der Waals surface area contributed by atoms with E-state index in [9.17, 15) is 4.79 Å². The minimum absolute atomic E-state index is 0.213. The number of methoxy groups -OCH3 is 2. The molecule has 122 valence electrons. The maximum absolute atomic E-state index is 12.6. The number of benzene rings is 2. The highest BCUT2D eigenvalue weighted by Crippen LogP contribution is 2.28. The lowest BCUT2D eigenvalue weighted by molar-refractivity contribution is 0.0784. The van der Waals surface area contributed by atoms with Gasteiger partial charge in [0.05, 0.1) is 29.8 Å². The van der Waals surface area contributed by atoms with Crippen LogP contribution in [-0.2, 0) is 6.54 Å². The molecular formula is C17H17Cl2NO3. The SMILES string of the molecule is COc1ccc(CN(C)C(=O)c2cccc(Cl)c2Cl)c(OC)c1.